The molecular weight excluding hydrogens is 254 g/mol. The third-order valence-electron chi connectivity index (χ3n) is 3.50. The molecule has 0 bridgehead atoms. The predicted molar refractivity (Wildman–Crippen MR) is 77.0 cm³/mol. The molecule has 0 unspecified atom stereocenters. The van der Waals surface area contributed by atoms with E-state index in [4.69, 9.17) is 5.73 Å². The first-order valence-corrected chi connectivity index (χ1v) is 7.35. The Morgan fingerprint density at radius 1 is 1.32 bits per heavy atom. The van der Waals surface area contributed by atoms with Crippen LogP contribution in [0.3, 0.4) is 0 Å². The lowest BCUT2D eigenvalue weighted by Gasteiger charge is -2.02. The highest BCUT2D eigenvalue weighted by Crippen LogP contribution is 2.31. The van der Waals surface area contributed by atoms with Crippen molar-refractivity contribution in [2.45, 2.75) is 25.7 Å². The van der Waals surface area contributed by atoms with E-state index in [2.05, 4.69) is 29.3 Å². The fourth-order valence-corrected chi connectivity index (χ4v) is 3.48. The SMILES string of the molecule is N#Cc1sc(CCN)nc1-c1ccc2c(c1)CCC2. The molecule has 0 aliphatic heterocycles. The maximum atomic E-state index is 9.24. The monoisotopic (exact) mass is 269 g/mol. The van der Waals surface area contributed by atoms with Crippen LogP contribution >= 0.6 is 11.3 Å². The van der Waals surface area contributed by atoms with Gasteiger partial charge in [-0.2, -0.15) is 5.26 Å². The average Bonchev–Trinajstić information content (AvgIpc) is 3.03. The number of nitrogens with zero attached hydrogens (tertiary/aromatic N) is 2. The smallest absolute Gasteiger partial charge is 0.132 e. The summed E-state index contributed by atoms with van der Waals surface area (Å²) < 4.78 is 0. The summed E-state index contributed by atoms with van der Waals surface area (Å²) in [5.41, 5.74) is 10.3. The van der Waals surface area contributed by atoms with Crippen LogP contribution in [0.4, 0.5) is 0 Å². The quantitative estimate of drug-likeness (QED) is 0.931. The highest BCUT2D eigenvalue weighted by molar-refractivity contribution is 7.12. The molecule has 0 radical (unpaired) electrons. The molecule has 0 spiro atoms. The van der Waals surface area contributed by atoms with Crippen molar-refractivity contribution in [3.8, 4) is 17.3 Å². The summed E-state index contributed by atoms with van der Waals surface area (Å²) in [5.74, 6) is 0. The molecular formula is C15H15N3S. The maximum Gasteiger partial charge on any atom is 0.132 e. The van der Waals surface area contributed by atoms with Crippen molar-refractivity contribution in [1.29, 1.82) is 5.26 Å². The Balaban J connectivity index is 2.04. The molecule has 1 aromatic carbocycles. The molecule has 0 saturated carbocycles. The molecule has 0 fully saturated rings. The van der Waals surface area contributed by atoms with Gasteiger partial charge < -0.3 is 5.73 Å². The fourth-order valence-electron chi connectivity index (χ4n) is 2.59. The highest BCUT2D eigenvalue weighted by Gasteiger charge is 2.16. The standard InChI is InChI=1S/C15H15N3S/c16-7-6-14-18-15(13(9-17)19-14)12-5-4-10-2-1-3-11(10)8-12/h4-5,8H,1-3,6-7,16H2. The van der Waals surface area contributed by atoms with Crippen molar-refractivity contribution in [2.24, 2.45) is 5.73 Å². The van der Waals surface area contributed by atoms with Gasteiger partial charge in [0.1, 0.15) is 10.9 Å². The number of aromatic nitrogens is 1. The predicted octanol–water partition coefficient (Wildman–Crippen LogP) is 2.67. The molecule has 96 valence electrons. The minimum atomic E-state index is 0.571. The Labute approximate surface area is 116 Å². The molecule has 3 nitrogen and oxygen atoms in total. The number of benzene rings is 1. The summed E-state index contributed by atoms with van der Waals surface area (Å²) in [7, 11) is 0. The Hall–Kier alpha value is -1.70. The van der Waals surface area contributed by atoms with E-state index in [-0.39, 0.29) is 0 Å². The molecule has 2 N–H and O–H groups in total. The minimum Gasteiger partial charge on any atom is -0.330 e. The Morgan fingerprint density at radius 2 is 2.16 bits per heavy atom. The number of aryl methyl sites for hydroxylation is 2. The summed E-state index contributed by atoms with van der Waals surface area (Å²) in [6.07, 6.45) is 4.30. The Bertz CT molecular complexity index is 652. The molecule has 19 heavy (non-hydrogen) atoms. The van der Waals surface area contributed by atoms with Gasteiger partial charge in [-0.3, -0.25) is 0 Å². The van der Waals surface area contributed by atoms with E-state index < -0.39 is 0 Å². The molecule has 0 saturated heterocycles. The van der Waals surface area contributed by atoms with Crippen LogP contribution in [-0.4, -0.2) is 11.5 Å². The normalized spacial score (nSPS) is 13.3. The van der Waals surface area contributed by atoms with Gasteiger partial charge >= 0.3 is 0 Å². The van der Waals surface area contributed by atoms with Gasteiger partial charge in [-0.15, -0.1) is 11.3 Å². The van der Waals surface area contributed by atoms with Gasteiger partial charge in [-0.25, -0.2) is 4.98 Å². The second kappa shape index (κ2) is 5.12. The largest absolute Gasteiger partial charge is 0.330 e. The summed E-state index contributed by atoms with van der Waals surface area (Å²) in [6, 6.07) is 8.73. The number of nitrogens with two attached hydrogens (primary N) is 1. The van der Waals surface area contributed by atoms with Crippen molar-refractivity contribution < 1.29 is 0 Å². The zero-order chi connectivity index (χ0) is 13.2. The van der Waals surface area contributed by atoms with Crippen LogP contribution in [0.1, 0.15) is 27.4 Å². The molecule has 1 aliphatic carbocycles. The second-order valence-corrected chi connectivity index (χ2v) is 5.86. The first-order valence-electron chi connectivity index (χ1n) is 6.54. The molecule has 0 atom stereocenters. The highest BCUT2D eigenvalue weighted by atomic mass is 32.1. The van der Waals surface area contributed by atoms with E-state index in [0.29, 0.717) is 11.4 Å². The third-order valence-corrected chi connectivity index (χ3v) is 4.52. The van der Waals surface area contributed by atoms with E-state index >= 15 is 0 Å². The molecule has 1 heterocycles. The van der Waals surface area contributed by atoms with Gasteiger partial charge in [0.25, 0.3) is 0 Å². The van der Waals surface area contributed by atoms with Crippen LogP contribution in [0.15, 0.2) is 18.2 Å². The van der Waals surface area contributed by atoms with Crippen LogP contribution in [0.25, 0.3) is 11.3 Å². The van der Waals surface area contributed by atoms with Gasteiger partial charge in [0.15, 0.2) is 0 Å². The number of hydrogen-bond donors (Lipinski definition) is 1. The topological polar surface area (TPSA) is 62.7 Å². The summed E-state index contributed by atoms with van der Waals surface area (Å²) in [5, 5.41) is 10.2. The zero-order valence-corrected chi connectivity index (χ0v) is 11.5. The van der Waals surface area contributed by atoms with Gasteiger partial charge in [-0.1, -0.05) is 12.1 Å². The molecule has 1 aliphatic rings. The molecule has 4 heteroatoms. The Morgan fingerprint density at radius 3 is 2.95 bits per heavy atom. The van der Waals surface area contributed by atoms with Crippen LogP contribution in [-0.2, 0) is 19.3 Å². The fraction of sp³-hybridized carbons (Fsp3) is 0.333. The maximum absolute atomic E-state index is 9.24. The van der Waals surface area contributed by atoms with Gasteiger partial charge in [-0.05, 0) is 43.0 Å². The molecule has 0 amide bonds. The lowest BCUT2D eigenvalue weighted by Crippen LogP contribution is -2.01. The lowest BCUT2D eigenvalue weighted by molar-refractivity contribution is 0.912. The number of hydrogen-bond acceptors (Lipinski definition) is 4. The first-order chi connectivity index (χ1) is 9.31. The average molecular weight is 269 g/mol. The van der Waals surface area contributed by atoms with Crippen molar-refractivity contribution >= 4 is 11.3 Å². The molecule has 3 rings (SSSR count). The summed E-state index contributed by atoms with van der Waals surface area (Å²) in [6.45, 7) is 0.571. The van der Waals surface area contributed by atoms with Crippen LogP contribution < -0.4 is 5.73 Å². The molecule has 1 aromatic heterocycles. The molecule has 2 aromatic rings. The minimum absolute atomic E-state index is 0.571. The number of rotatable bonds is 3. The third kappa shape index (κ3) is 2.27. The van der Waals surface area contributed by atoms with Gasteiger partial charge in [0.2, 0.25) is 0 Å². The van der Waals surface area contributed by atoms with E-state index in [1.807, 2.05) is 0 Å². The second-order valence-electron chi connectivity index (χ2n) is 4.77. The first kappa shape index (κ1) is 12.3. The number of fused-ring (bicyclic) bond motifs is 1. The van der Waals surface area contributed by atoms with Crippen molar-refractivity contribution in [1.82, 2.24) is 4.98 Å². The van der Waals surface area contributed by atoms with Gasteiger partial charge in [0, 0.05) is 12.0 Å². The lowest BCUT2D eigenvalue weighted by atomic mass is 10.0. The van der Waals surface area contributed by atoms with Crippen LogP contribution in [0.5, 0.6) is 0 Å². The summed E-state index contributed by atoms with van der Waals surface area (Å²) >= 11 is 1.46. The van der Waals surface area contributed by atoms with Crippen LogP contribution in [0.2, 0.25) is 0 Å². The number of thiazole rings is 1. The van der Waals surface area contributed by atoms with E-state index in [0.717, 1.165) is 29.1 Å². The van der Waals surface area contributed by atoms with E-state index in [9.17, 15) is 5.26 Å². The zero-order valence-electron chi connectivity index (χ0n) is 10.6. The van der Waals surface area contributed by atoms with Crippen molar-refractivity contribution in [3.63, 3.8) is 0 Å². The Kier molecular flexibility index (Phi) is 3.33. The number of nitriles is 1. The van der Waals surface area contributed by atoms with Crippen LogP contribution in [0, 0.1) is 11.3 Å². The van der Waals surface area contributed by atoms with E-state index in [1.54, 1.807) is 0 Å². The van der Waals surface area contributed by atoms with Crippen molar-refractivity contribution in [2.75, 3.05) is 6.54 Å². The summed E-state index contributed by atoms with van der Waals surface area (Å²) in [4.78, 5) is 5.28. The van der Waals surface area contributed by atoms with Crippen molar-refractivity contribution in [3.05, 3.63) is 39.2 Å². The van der Waals surface area contributed by atoms with Gasteiger partial charge in [0.05, 0.1) is 10.7 Å². The van der Waals surface area contributed by atoms with E-state index in [1.165, 1.54) is 35.3 Å².